The van der Waals surface area contributed by atoms with Gasteiger partial charge in [0.25, 0.3) is 5.91 Å². The first kappa shape index (κ1) is 24.1. The third-order valence-electron chi connectivity index (χ3n) is 4.79. The number of benzene rings is 2. The molecule has 0 saturated heterocycles. The van der Waals surface area contributed by atoms with Crippen LogP contribution in [0.25, 0.3) is 10.8 Å². The molecule has 1 aromatic heterocycles. The fraction of sp³-hybridized carbons (Fsp3) is 0.280. The fourth-order valence-corrected chi connectivity index (χ4v) is 3.44. The molecule has 7 nitrogen and oxygen atoms in total. The minimum Gasteiger partial charge on any atom is -0.444 e. The molecule has 171 valence electrons. The molecule has 0 aliphatic rings. The minimum absolute atomic E-state index is 0.221. The maximum Gasteiger partial charge on any atom is 0.408 e. The molecule has 1 radical (unpaired) electrons. The molecule has 33 heavy (non-hydrogen) atoms. The first-order valence-electron chi connectivity index (χ1n) is 10.5. The van der Waals surface area contributed by atoms with E-state index in [1.807, 2.05) is 36.4 Å². The number of ether oxygens (including phenoxy) is 1. The number of hydrogen-bond donors (Lipinski definition) is 3. The Labute approximate surface area is 198 Å². The third-order valence-corrected chi connectivity index (χ3v) is 5.34. The second-order valence-electron chi connectivity index (χ2n) is 8.84. The van der Waals surface area contributed by atoms with E-state index in [1.165, 1.54) is 0 Å². The van der Waals surface area contributed by atoms with E-state index < -0.39 is 23.1 Å². The zero-order chi connectivity index (χ0) is 24.1. The van der Waals surface area contributed by atoms with Gasteiger partial charge < -0.3 is 10.1 Å². The van der Waals surface area contributed by atoms with E-state index in [1.54, 1.807) is 52.1 Å². The highest BCUT2D eigenvalue weighted by Crippen LogP contribution is 2.18. The minimum atomic E-state index is -1.03. The number of hydrazine groups is 1. The van der Waals surface area contributed by atoms with Crippen LogP contribution < -0.4 is 16.2 Å². The van der Waals surface area contributed by atoms with Crippen molar-refractivity contribution in [3.05, 3.63) is 78.1 Å². The quantitative estimate of drug-likeness (QED) is 0.389. The Hall–Kier alpha value is -3.52. The van der Waals surface area contributed by atoms with Crippen molar-refractivity contribution in [2.75, 3.05) is 0 Å². The third kappa shape index (κ3) is 6.49. The van der Waals surface area contributed by atoms with Crippen LogP contribution in [-0.4, -0.2) is 33.1 Å². The maximum atomic E-state index is 12.8. The summed E-state index contributed by atoms with van der Waals surface area (Å²) in [4.78, 5) is 29.8. The van der Waals surface area contributed by atoms with E-state index in [0.29, 0.717) is 11.8 Å². The lowest BCUT2D eigenvalue weighted by Gasteiger charge is -2.33. The molecular formula is C25H27N4O3S. The summed E-state index contributed by atoms with van der Waals surface area (Å²) < 4.78 is 5.43. The van der Waals surface area contributed by atoms with Crippen molar-refractivity contribution in [2.45, 2.75) is 45.3 Å². The Morgan fingerprint density at radius 2 is 1.79 bits per heavy atom. The molecule has 8 heteroatoms. The predicted molar refractivity (Wildman–Crippen MR) is 132 cm³/mol. The summed E-state index contributed by atoms with van der Waals surface area (Å²) >= 11 is 5.59. The zero-order valence-electron chi connectivity index (χ0n) is 19.1. The number of hydrogen-bond acceptors (Lipinski definition) is 5. The summed E-state index contributed by atoms with van der Waals surface area (Å²) in [6.45, 7) is 7.13. The van der Waals surface area contributed by atoms with Gasteiger partial charge in [0, 0.05) is 18.0 Å². The number of pyridine rings is 1. The molecular weight excluding hydrogens is 436 g/mol. The van der Waals surface area contributed by atoms with Crippen molar-refractivity contribution < 1.29 is 14.3 Å². The standard InChI is InChI=1S/C25H27N4O3S/c1-24(2,3)32-23(31)27-25(4,16-17-10-6-5-7-11-17)22(33)29-28-21(30)20-19-13-9-8-12-18(19)14-15-26-20/h5-7,9-15H,16H2,1-4H3,(H,27,31)(H,28,30)(H,29,33). The van der Waals surface area contributed by atoms with Gasteiger partial charge in [0.2, 0.25) is 0 Å². The number of carbonyl (C=O) groups is 2. The molecule has 1 atom stereocenters. The van der Waals surface area contributed by atoms with Gasteiger partial charge >= 0.3 is 6.09 Å². The van der Waals surface area contributed by atoms with Gasteiger partial charge in [-0.3, -0.25) is 20.6 Å². The smallest absolute Gasteiger partial charge is 0.408 e. The highest BCUT2D eigenvalue weighted by atomic mass is 32.1. The Balaban J connectivity index is 1.77. The molecule has 0 aliphatic heterocycles. The summed E-state index contributed by atoms with van der Waals surface area (Å²) in [5.41, 5.74) is 4.90. The molecule has 0 fully saturated rings. The first-order valence-corrected chi connectivity index (χ1v) is 10.9. The van der Waals surface area contributed by atoms with Gasteiger partial charge in [-0.05, 0) is 56.8 Å². The monoisotopic (exact) mass is 463 g/mol. The normalized spacial score (nSPS) is 13.0. The predicted octanol–water partition coefficient (Wildman–Crippen LogP) is 4.12. The maximum absolute atomic E-state index is 12.8. The van der Waals surface area contributed by atoms with E-state index in [2.05, 4.69) is 27.2 Å². The SMILES string of the molecule is CC(C)(C)OC(=O)NC(C)(Cc1ccccc1)C(=S)NNC(=O)c1nccc2c[c]ccc12. The summed E-state index contributed by atoms with van der Waals surface area (Å²) in [6.07, 6.45) is 1.34. The number of rotatable bonds is 5. The Kier molecular flexibility index (Phi) is 7.28. The number of aromatic nitrogens is 1. The van der Waals surface area contributed by atoms with Gasteiger partial charge in [-0.2, -0.15) is 0 Å². The van der Waals surface area contributed by atoms with E-state index in [-0.39, 0.29) is 10.7 Å². The van der Waals surface area contributed by atoms with Crippen molar-refractivity contribution in [1.82, 2.24) is 21.2 Å². The van der Waals surface area contributed by atoms with Gasteiger partial charge in [0.15, 0.2) is 0 Å². The fourth-order valence-electron chi connectivity index (χ4n) is 3.26. The lowest BCUT2D eigenvalue weighted by Crippen LogP contribution is -2.61. The number of nitrogens with one attached hydrogen (secondary N) is 3. The van der Waals surface area contributed by atoms with Crippen LogP contribution in [0.4, 0.5) is 4.79 Å². The van der Waals surface area contributed by atoms with E-state index in [9.17, 15) is 9.59 Å². The molecule has 2 aromatic carbocycles. The second kappa shape index (κ2) is 9.95. The Bertz CT molecular complexity index is 1160. The molecule has 3 N–H and O–H groups in total. The van der Waals surface area contributed by atoms with Crippen LogP contribution >= 0.6 is 12.2 Å². The van der Waals surface area contributed by atoms with Crippen LogP contribution in [0.15, 0.2) is 60.8 Å². The van der Waals surface area contributed by atoms with Crippen LogP contribution in [0.2, 0.25) is 0 Å². The van der Waals surface area contributed by atoms with Gasteiger partial charge in [0.05, 0.1) is 5.54 Å². The number of alkyl carbamates (subject to hydrolysis) is 1. The van der Waals surface area contributed by atoms with Crippen molar-refractivity contribution in [1.29, 1.82) is 0 Å². The zero-order valence-corrected chi connectivity index (χ0v) is 19.9. The van der Waals surface area contributed by atoms with Crippen LogP contribution in [0.1, 0.15) is 43.7 Å². The van der Waals surface area contributed by atoms with Gasteiger partial charge in [0.1, 0.15) is 16.3 Å². The van der Waals surface area contributed by atoms with Crippen LogP contribution in [-0.2, 0) is 11.2 Å². The summed E-state index contributed by atoms with van der Waals surface area (Å²) in [6, 6.07) is 19.7. The Morgan fingerprint density at radius 3 is 2.48 bits per heavy atom. The average molecular weight is 464 g/mol. The van der Waals surface area contributed by atoms with Gasteiger partial charge in [-0.15, -0.1) is 0 Å². The molecule has 0 bridgehead atoms. The summed E-state index contributed by atoms with van der Waals surface area (Å²) in [5.74, 6) is -0.450. The molecule has 1 heterocycles. The van der Waals surface area contributed by atoms with Crippen molar-refractivity contribution in [3.8, 4) is 0 Å². The molecule has 1 unspecified atom stereocenters. The molecule has 2 amide bonds. The molecule has 0 aliphatic carbocycles. The number of nitrogens with zero attached hydrogens (tertiary/aromatic N) is 1. The number of thiocarbonyl (C=S) groups is 1. The van der Waals surface area contributed by atoms with E-state index in [4.69, 9.17) is 17.0 Å². The van der Waals surface area contributed by atoms with Gasteiger partial charge in [-0.1, -0.05) is 54.7 Å². The topological polar surface area (TPSA) is 92.4 Å². The van der Waals surface area contributed by atoms with Gasteiger partial charge in [-0.25, -0.2) is 4.79 Å². The highest BCUT2D eigenvalue weighted by molar-refractivity contribution is 7.80. The van der Waals surface area contributed by atoms with E-state index >= 15 is 0 Å². The Morgan fingerprint density at radius 1 is 1.06 bits per heavy atom. The summed E-state index contributed by atoms with van der Waals surface area (Å²) in [7, 11) is 0. The largest absolute Gasteiger partial charge is 0.444 e. The van der Waals surface area contributed by atoms with E-state index in [0.717, 1.165) is 10.9 Å². The van der Waals surface area contributed by atoms with Crippen LogP contribution in [0, 0.1) is 6.07 Å². The molecule has 0 spiro atoms. The number of amides is 2. The molecule has 0 saturated carbocycles. The second-order valence-corrected chi connectivity index (χ2v) is 9.24. The average Bonchev–Trinajstić information content (AvgIpc) is 2.76. The molecule has 3 aromatic rings. The first-order chi connectivity index (χ1) is 15.6. The summed E-state index contributed by atoms with van der Waals surface area (Å²) in [5, 5.41) is 4.40. The van der Waals surface area contributed by atoms with Crippen molar-refractivity contribution in [3.63, 3.8) is 0 Å². The van der Waals surface area contributed by atoms with Crippen LogP contribution in [0.5, 0.6) is 0 Å². The van der Waals surface area contributed by atoms with Crippen LogP contribution in [0.3, 0.4) is 0 Å². The molecule has 3 rings (SSSR count). The van der Waals surface area contributed by atoms with Crippen molar-refractivity contribution in [2.24, 2.45) is 0 Å². The lowest BCUT2D eigenvalue weighted by molar-refractivity contribution is 0.0491. The lowest BCUT2D eigenvalue weighted by atomic mass is 9.92. The van der Waals surface area contributed by atoms with Crippen molar-refractivity contribution >= 4 is 40.0 Å². The number of fused-ring (bicyclic) bond motifs is 1. The number of carbonyl (C=O) groups excluding carboxylic acids is 2. The highest BCUT2D eigenvalue weighted by Gasteiger charge is 2.34.